The summed E-state index contributed by atoms with van der Waals surface area (Å²) < 4.78 is 64.6. The maximum atomic E-state index is 14.6. The van der Waals surface area contributed by atoms with Crippen LogP contribution < -0.4 is 5.32 Å². The van der Waals surface area contributed by atoms with Gasteiger partial charge < -0.3 is 19.7 Å². The topological polar surface area (TPSA) is 111 Å². The normalized spacial score (nSPS) is 28.2. The minimum absolute atomic E-state index is 0.0752. The molecule has 2 aromatic heterocycles. The molecule has 1 aromatic carbocycles. The van der Waals surface area contributed by atoms with Crippen LogP contribution in [-0.2, 0) is 28.4 Å². The first kappa shape index (κ1) is 31.5. The molecule has 6 rings (SSSR count). The Morgan fingerprint density at radius 1 is 1.13 bits per heavy atom. The van der Waals surface area contributed by atoms with E-state index in [-0.39, 0.29) is 53.1 Å². The number of esters is 1. The number of benzene rings is 1. The number of halogens is 5. The van der Waals surface area contributed by atoms with Crippen molar-refractivity contribution in [1.29, 1.82) is 0 Å². The molecule has 2 atom stereocenters. The molecule has 242 valence electrons. The molecule has 0 radical (unpaired) electrons. The number of aliphatic hydroxyl groups is 1. The van der Waals surface area contributed by atoms with Crippen LogP contribution in [-0.4, -0.2) is 43.4 Å². The third-order valence-electron chi connectivity index (χ3n) is 9.93. The van der Waals surface area contributed by atoms with Crippen LogP contribution in [0.1, 0.15) is 90.8 Å². The van der Waals surface area contributed by atoms with Gasteiger partial charge in [-0.3, -0.25) is 14.3 Å². The van der Waals surface area contributed by atoms with E-state index in [1.807, 2.05) is 0 Å². The Labute approximate surface area is 261 Å². The molecule has 0 bridgehead atoms. The maximum Gasteiger partial charge on any atom is 0.433 e. The van der Waals surface area contributed by atoms with E-state index in [9.17, 15) is 32.3 Å². The summed E-state index contributed by atoms with van der Waals surface area (Å²) in [6.45, 7) is 0. The van der Waals surface area contributed by atoms with Crippen molar-refractivity contribution in [3.63, 3.8) is 0 Å². The fraction of sp³-hybridized carbons (Fsp3) is 0.548. The number of nitrogens with one attached hydrogen (secondary N) is 1. The number of carbonyl (C=O) groups is 2. The van der Waals surface area contributed by atoms with Gasteiger partial charge >= 0.3 is 12.1 Å². The third-order valence-corrected chi connectivity index (χ3v) is 10.2. The van der Waals surface area contributed by atoms with Crippen LogP contribution in [0.15, 0.2) is 30.7 Å². The van der Waals surface area contributed by atoms with Crippen molar-refractivity contribution in [2.24, 2.45) is 24.8 Å². The van der Waals surface area contributed by atoms with Crippen LogP contribution in [0.2, 0.25) is 5.02 Å². The molecule has 45 heavy (non-hydrogen) atoms. The van der Waals surface area contributed by atoms with Gasteiger partial charge in [0.15, 0.2) is 0 Å². The first-order valence-corrected chi connectivity index (χ1v) is 15.4. The van der Waals surface area contributed by atoms with Crippen molar-refractivity contribution in [1.82, 2.24) is 19.3 Å². The van der Waals surface area contributed by atoms with E-state index in [0.717, 1.165) is 16.9 Å². The van der Waals surface area contributed by atoms with Crippen molar-refractivity contribution in [2.45, 2.75) is 75.1 Å². The Bertz CT molecular complexity index is 1600. The lowest BCUT2D eigenvalue weighted by Gasteiger charge is -2.30. The van der Waals surface area contributed by atoms with E-state index in [0.29, 0.717) is 55.6 Å². The predicted molar refractivity (Wildman–Crippen MR) is 155 cm³/mol. The van der Waals surface area contributed by atoms with Crippen molar-refractivity contribution >= 4 is 29.2 Å². The van der Waals surface area contributed by atoms with E-state index >= 15 is 0 Å². The molecule has 3 aliphatic rings. The zero-order chi connectivity index (χ0) is 32.3. The van der Waals surface area contributed by atoms with Crippen LogP contribution in [0.3, 0.4) is 0 Å². The monoisotopic (exact) mass is 651 g/mol. The molecule has 14 heteroatoms. The molecule has 9 nitrogen and oxygen atoms in total. The van der Waals surface area contributed by atoms with Crippen LogP contribution in [0.25, 0.3) is 0 Å². The van der Waals surface area contributed by atoms with E-state index in [4.69, 9.17) is 16.3 Å². The number of aryl methyl sites for hydroxylation is 1. The third kappa shape index (κ3) is 5.84. The molecule has 2 unspecified atom stereocenters. The Balaban J connectivity index is 1.18. The van der Waals surface area contributed by atoms with Gasteiger partial charge in [0.25, 0.3) is 5.91 Å². The molecule has 3 aromatic rings. The van der Waals surface area contributed by atoms with Gasteiger partial charge in [0, 0.05) is 24.2 Å². The lowest BCUT2D eigenvalue weighted by atomic mass is 9.85. The van der Waals surface area contributed by atoms with Crippen LogP contribution >= 0.6 is 11.6 Å². The zero-order valence-corrected chi connectivity index (χ0v) is 25.5. The molecule has 2 heterocycles. The summed E-state index contributed by atoms with van der Waals surface area (Å²) in [4.78, 5) is 29.7. The molecule has 0 aliphatic heterocycles. The van der Waals surface area contributed by atoms with E-state index in [2.05, 4.69) is 15.4 Å². The van der Waals surface area contributed by atoms with E-state index in [1.54, 1.807) is 11.6 Å². The number of ether oxygens (including phenoxy) is 1. The van der Waals surface area contributed by atoms with Crippen molar-refractivity contribution < 1.29 is 37.0 Å². The van der Waals surface area contributed by atoms with Gasteiger partial charge in [0.1, 0.15) is 17.2 Å². The summed E-state index contributed by atoms with van der Waals surface area (Å²) in [7, 11) is 2.99. The molecule has 0 saturated heterocycles. The number of alkyl halides is 3. The summed E-state index contributed by atoms with van der Waals surface area (Å²) >= 11 is 5.86. The van der Waals surface area contributed by atoms with E-state index < -0.39 is 35.2 Å². The number of anilines is 1. The standard InChI is InChI=1S/C31H34ClF4N5O4/c1-40-15-37-25(26(40)28(42)39-20-5-8-24(33)23(32)11-20)17-9-18-12-30(44,13-19(18)10-17)22-14-38-41(27(22)31(34,35)36)21-6-3-16(4-7-21)29(43)45-2/h5,8,11,14-19,21,44H,3-4,6-7,9-10,12-13H2,1-2H3,(H,39,42). The molecule has 3 aliphatic carbocycles. The lowest BCUT2D eigenvalue weighted by Crippen LogP contribution is -2.30. The number of aromatic nitrogens is 4. The SMILES string of the molecule is COC(=O)C1CCC(n2ncc(C3(O)CC4CC(c5ncn(C)c5C(=O)Nc5ccc(F)c(Cl)c5)CC4C3)c2C(F)(F)F)CC1. The largest absolute Gasteiger partial charge is 0.469 e. The Kier molecular flexibility index (Phi) is 8.22. The Morgan fingerprint density at radius 2 is 1.80 bits per heavy atom. The quantitative estimate of drug-likeness (QED) is 0.237. The number of nitrogens with zero attached hydrogens (tertiary/aromatic N) is 4. The smallest absolute Gasteiger partial charge is 0.433 e. The molecular weight excluding hydrogens is 618 g/mol. The van der Waals surface area contributed by atoms with Crippen LogP contribution in [0, 0.1) is 23.6 Å². The Hall–Kier alpha value is -3.45. The first-order valence-electron chi connectivity index (χ1n) is 15.0. The highest BCUT2D eigenvalue weighted by atomic mass is 35.5. The van der Waals surface area contributed by atoms with Crippen molar-refractivity contribution in [3.05, 3.63) is 64.2 Å². The summed E-state index contributed by atoms with van der Waals surface area (Å²) in [5, 5.41) is 18.5. The number of amides is 1. The average Bonchev–Trinajstić information content (AvgIpc) is 3.76. The molecule has 3 fully saturated rings. The lowest BCUT2D eigenvalue weighted by molar-refractivity contribution is -0.150. The highest BCUT2D eigenvalue weighted by Gasteiger charge is 2.54. The molecule has 0 spiro atoms. The zero-order valence-electron chi connectivity index (χ0n) is 24.8. The number of hydrogen-bond donors (Lipinski definition) is 2. The summed E-state index contributed by atoms with van der Waals surface area (Å²) in [6, 6.07) is 3.34. The fourth-order valence-corrected chi connectivity index (χ4v) is 8.06. The highest BCUT2D eigenvalue weighted by molar-refractivity contribution is 6.31. The number of rotatable bonds is 6. The Morgan fingerprint density at radius 3 is 2.40 bits per heavy atom. The summed E-state index contributed by atoms with van der Waals surface area (Å²) in [5.74, 6) is -2.02. The average molecular weight is 652 g/mol. The highest BCUT2D eigenvalue weighted by Crippen LogP contribution is 2.58. The second-order valence-corrected chi connectivity index (χ2v) is 13.1. The minimum Gasteiger partial charge on any atom is -0.469 e. The number of carbonyl (C=O) groups excluding carboxylic acids is 2. The van der Waals surface area contributed by atoms with Gasteiger partial charge in [-0.1, -0.05) is 11.6 Å². The van der Waals surface area contributed by atoms with Gasteiger partial charge in [0.2, 0.25) is 0 Å². The van der Waals surface area contributed by atoms with Gasteiger partial charge in [0.05, 0.1) is 47.9 Å². The number of fused-ring (bicyclic) bond motifs is 1. The van der Waals surface area contributed by atoms with Crippen LogP contribution in [0.4, 0.5) is 23.2 Å². The molecular formula is C31H34ClF4N5O4. The number of methoxy groups -OCH3 is 1. The summed E-state index contributed by atoms with van der Waals surface area (Å²) in [6.07, 6.45) is 0.876. The van der Waals surface area contributed by atoms with Crippen LogP contribution in [0.5, 0.6) is 0 Å². The van der Waals surface area contributed by atoms with Crippen molar-refractivity contribution in [2.75, 3.05) is 12.4 Å². The number of hydrogen-bond acceptors (Lipinski definition) is 6. The van der Waals surface area contributed by atoms with Gasteiger partial charge in [-0.2, -0.15) is 18.3 Å². The molecule has 3 saturated carbocycles. The fourth-order valence-electron chi connectivity index (χ4n) is 7.88. The maximum absolute atomic E-state index is 14.6. The second-order valence-electron chi connectivity index (χ2n) is 12.7. The van der Waals surface area contributed by atoms with Gasteiger partial charge in [-0.05, 0) is 81.4 Å². The van der Waals surface area contributed by atoms with Gasteiger partial charge in [-0.25, -0.2) is 9.37 Å². The van der Waals surface area contributed by atoms with E-state index in [1.165, 1.54) is 25.6 Å². The second kappa shape index (κ2) is 11.7. The molecule has 2 N–H and O–H groups in total. The first-order chi connectivity index (χ1) is 21.3. The van der Waals surface area contributed by atoms with Crippen molar-refractivity contribution in [3.8, 4) is 0 Å². The molecule has 1 amide bonds. The predicted octanol–water partition coefficient (Wildman–Crippen LogP) is 6.38. The van der Waals surface area contributed by atoms with Gasteiger partial charge in [-0.15, -0.1) is 0 Å². The summed E-state index contributed by atoms with van der Waals surface area (Å²) in [5.41, 5.74) is -1.59. The minimum atomic E-state index is -4.73. The number of imidazole rings is 1.